The molecule has 162 valence electrons. The highest BCUT2D eigenvalue weighted by atomic mass is 79.9. The number of halogens is 1. The Labute approximate surface area is 190 Å². The van der Waals surface area contributed by atoms with Crippen LogP contribution >= 0.6 is 15.9 Å². The fourth-order valence-electron chi connectivity index (χ4n) is 3.22. The van der Waals surface area contributed by atoms with Crippen LogP contribution < -0.4 is 20.3 Å². The third-order valence-corrected chi connectivity index (χ3v) is 5.34. The summed E-state index contributed by atoms with van der Waals surface area (Å²) in [4.78, 5) is 16.0. The van der Waals surface area contributed by atoms with Crippen molar-refractivity contribution in [2.24, 2.45) is 0 Å². The van der Waals surface area contributed by atoms with Gasteiger partial charge in [0.2, 0.25) is 17.8 Å². The van der Waals surface area contributed by atoms with Gasteiger partial charge in [-0.3, -0.25) is 0 Å². The van der Waals surface area contributed by atoms with Crippen molar-refractivity contribution >= 4 is 33.8 Å². The van der Waals surface area contributed by atoms with Crippen molar-refractivity contribution in [1.82, 2.24) is 15.0 Å². The highest BCUT2D eigenvalue weighted by molar-refractivity contribution is 9.10. The average Bonchev–Trinajstić information content (AvgIpc) is 2.82. The average molecular weight is 485 g/mol. The predicted molar refractivity (Wildman–Crippen MR) is 125 cm³/mol. The maximum absolute atomic E-state index is 5.46. The van der Waals surface area contributed by atoms with Crippen LogP contribution in [-0.2, 0) is 17.8 Å². The van der Waals surface area contributed by atoms with Crippen LogP contribution in [0.2, 0.25) is 0 Å². The van der Waals surface area contributed by atoms with Gasteiger partial charge in [0.25, 0.3) is 0 Å². The van der Waals surface area contributed by atoms with Crippen molar-refractivity contribution in [3.63, 3.8) is 0 Å². The molecule has 1 fully saturated rings. The molecule has 31 heavy (non-hydrogen) atoms. The third kappa shape index (κ3) is 6.05. The Morgan fingerprint density at radius 2 is 1.58 bits per heavy atom. The molecule has 0 unspecified atom stereocenters. The van der Waals surface area contributed by atoms with Crippen molar-refractivity contribution in [3.8, 4) is 5.75 Å². The van der Waals surface area contributed by atoms with E-state index in [4.69, 9.17) is 9.47 Å². The molecule has 1 aliphatic rings. The Morgan fingerprint density at radius 3 is 2.23 bits per heavy atom. The molecule has 0 radical (unpaired) electrons. The minimum Gasteiger partial charge on any atom is -0.497 e. The molecule has 0 saturated carbocycles. The summed E-state index contributed by atoms with van der Waals surface area (Å²) in [5, 5.41) is 6.64. The van der Waals surface area contributed by atoms with Crippen LogP contribution in [-0.4, -0.2) is 48.4 Å². The number of nitrogens with one attached hydrogen (secondary N) is 2. The molecule has 0 aliphatic carbocycles. The van der Waals surface area contributed by atoms with E-state index in [0.717, 1.165) is 34.4 Å². The van der Waals surface area contributed by atoms with Crippen LogP contribution in [0.15, 0.2) is 53.0 Å². The number of anilines is 3. The molecule has 1 saturated heterocycles. The first-order chi connectivity index (χ1) is 15.2. The van der Waals surface area contributed by atoms with Gasteiger partial charge in [-0.05, 0) is 35.4 Å². The predicted octanol–water partition coefficient (Wildman–Crippen LogP) is 3.70. The lowest BCUT2D eigenvalue weighted by Crippen LogP contribution is -2.37. The topological polar surface area (TPSA) is 84.4 Å². The second-order valence-corrected chi connectivity index (χ2v) is 7.99. The van der Waals surface area contributed by atoms with Gasteiger partial charge in [-0.2, -0.15) is 15.0 Å². The zero-order chi connectivity index (χ0) is 21.5. The lowest BCUT2D eigenvalue weighted by molar-refractivity contribution is 0.122. The summed E-state index contributed by atoms with van der Waals surface area (Å²) in [7, 11) is 1.66. The Morgan fingerprint density at radius 1 is 0.935 bits per heavy atom. The molecule has 9 heteroatoms. The van der Waals surface area contributed by atoms with Crippen LogP contribution in [0.25, 0.3) is 0 Å². The van der Waals surface area contributed by atoms with E-state index >= 15 is 0 Å². The second-order valence-electron chi connectivity index (χ2n) is 7.07. The Balaban J connectivity index is 1.51. The Hall–Kier alpha value is -2.91. The summed E-state index contributed by atoms with van der Waals surface area (Å²) in [6, 6.07) is 16.1. The molecule has 1 aliphatic heterocycles. The molecule has 0 atom stereocenters. The lowest BCUT2D eigenvalue weighted by Gasteiger charge is -2.27. The van der Waals surface area contributed by atoms with Gasteiger partial charge >= 0.3 is 0 Å². The number of morpholine rings is 1. The largest absolute Gasteiger partial charge is 0.497 e. The highest BCUT2D eigenvalue weighted by Gasteiger charge is 2.16. The van der Waals surface area contributed by atoms with E-state index < -0.39 is 0 Å². The SMILES string of the molecule is COc1cccc(CNc2nc(NCc3cccc(Br)c3)nc(N3CCOCC3)n2)c1. The van der Waals surface area contributed by atoms with E-state index in [0.29, 0.717) is 44.1 Å². The van der Waals surface area contributed by atoms with E-state index in [-0.39, 0.29) is 0 Å². The molecule has 8 nitrogen and oxygen atoms in total. The Kier molecular flexibility index (Phi) is 7.16. The molecule has 0 amide bonds. The van der Waals surface area contributed by atoms with E-state index in [2.05, 4.69) is 58.5 Å². The van der Waals surface area contributed by atoms with Gasteiger partial charge in [-0.25, -0.2) is 0 Å². The van der Waals surface area contributed by atoms with Crippen LogP contribution in [0.3, 0.4) is 0 Å². The van der Waals surface area contributed by atoms with Crippen LogP contribution in [0.4, 0.5) is 17.8 Å². The molecule has 4 rings (SSSR count). The quantitative estimate of drug-likeness (QED) is 0.500. The number of rotatable bonds is 8. The maximum Gasteiger partial charge on any atom is 0.232 e. The van der Waals surface area contributed by atoms with Crippen molar-refractivity contribution in [3.05, 3.63) is 64.1 Å². The molecule has 2 N–H and O–H groups in total. The van der Waals surface area contributed by atoms with Crippen LogP contribution in [0.5, 0.6) is 5.75 Å². The monoisotopic (exact) mass is 484 g/mol. The smallest absolute Gasteiger partial charge is 0.232 e. The van der Waals surface area contributed by atoms with Crippen molar-refractivity contribution in [2.75, 3.05) is 48.9 Å². The first kappa shape index (κ1) is 21.3. The number of hydrogen-bond donors (Lipinski definition) is 2. The molecule has 1 aromatic heterocycles. The van der Waals surface area contributed by atoms with E-state index in [9.17, 15) is 0 Å². The van der Waals surface area contributed by atoms with Gasteiger partial charge in [0.05, 0.1) is 20.3 Å². The number of aromatic nitrogens is 3. The summed E-state index contributed by atoms with van der Waals surface area (Å²) >= 11 is 3.51. The highest BCUT2D eigenvalue weighted by Crippen LogP contribution is 2.18. The number of ether oxygens (including phenoxy) is 2. The molecule has 0 spiro atoms. The molecule has 2 heterocycles. The summed E-state index contributed by atoms with van der Waals surface area (Å²) in [5.74, 6) is 2.52. The minimum absolute atomic E-state index is 0.524. The zero-order valence-corrected chi connectivity index (χ0v) is 18.9. The molecule has 2 aromatic carbocycles. The number of hydrogen-bond acceptors (Lipinski definition) is 8. The van der Waals surface area contributed by atoms with Gasteiger partial charge in [-0.1, -0.05) is 40.2 Å². The molecular weight excluding hydrogens is 460 g/mol. The fraction of sp³-hybridized carbons (Fsp3) is 0.318. The first-order valence-corrected chi connectivity index (χ1v) is 10.9. The summed E-state index contributed by atoms with van der Waals surface area (Å²) < 4.78 is 11.8. The molecule has 0 bridgehead atoms. The number of methoxy groups -OCH3 is 1. The standard InChI is InChI=1S/C22H25BrN6O2/c1-30-19-7-3-5-17(13-19)15-25-21-26-20(24-14-16-4-2-6-18(23)12-16)27-22(28-21)29-8-10-31-11-9-29/h2-7,12-13H,8-11,14-15H2,1H3,(H2,24,25,26,27,28). The third-order valence-electron chi connectivity index (χ3n) is 4.84. The summed E-state index contributed by atoms with van der Waals surface area (Å²) in [5.41, 5.74) is 2.21. The molecular formula is C22H25BrN6O2. The van der Waals surface area contributed by atoms with E-state index in [1.54, 1.807) is 7.11 Å². The van der Waals surface area contributed by atoms with Crippen LogP contribution in [0.1, 0.15) is 11.1 Å². The minimum atomic E-state index is 0.524. The van der Waals surface area contributed by atoms with Crippen LogP contribution in [0, 0.1) is 0 Å². The van der Waals surface area contributed by atoms with Gasteiger partial charge < -0.3 is 25.0 Å². The van der Waals surface area contributed by atoms with Gasteiger partial charge in [0.1, 0.15) is 5.75 Å². The second kappa shape index (κ2) is 10.4. The summed E-state index contributed by atoms with van der Waals surface area (Å²) in [6.45, 7) is 4.03. The lowest BCUT2D eigenvalue weighted by atomic mass is 10.2. The van der Waals surface area contributed by atoms with E-state index in [1.165, 1.54) is 0 Å². The number of nitrogens with zero attached hydrogens (tertiary/aromatic N) is 4. The Bertz CT molecular complexity index is 1010. The normalized spacial score (nSPS) is 13.7. The summed E-state index contributed by atoms with van der Waals surface area (Å²) in [6.07, 6.45) is 0. The van der Waals surface area contributed by atoms with Crippen molar-refractivity contribution in [1.29, 1.82) is 0 Å². The number of benzene rings is 2. The van der Waals surface area contributed by atoms with Gasteiger partial charge in [0, 0.05) is 30.7 Å². The first-order valence-electron chi connectivity index (χ1n) is 10.1. The van der Waals surface area contributed by atoms with E-state index in [1.807, 2.05) is 36.4 Å². The molecule has 3 aromatic rings. The fourth-order valence-corrected chi connectivity index (χ4v) is 3.67. The van der Waals surface area contributed by atoms with Gasteiger partial charge in [-0.15, -0.1) is 0 Å². The van der Waals surface area contributed by atoms with Gasteiger partial charge in [0.15, 0.2) is 0 Å². The zero-order valence-electron chi connectivity index (χ0n) is 17.3. The maximum atomic E-state index is 5.46. The van der Waals surface area contributed by atoms with Crippen molar-refractivity contribution < 1.29 is 9.47 Å². The van der Waals surface area contributed by atoms with Crippen molar-refractivity contribution in [2.45, 2.75) is 13.1 Å².